The molecule has 0 radical (unpaired) electrons. The van der Waals surface area contributed by atoms with Crippen LogP contribution in [0.5, 0.6) is 0 Å². The van der Waals surface area contributed by atoms with Gasteiger partial charge in [-0.15, -0.1) is 0 Å². The summed E-state index contributed by atoms with van der Waals surface area (Å²) in [6.45, 7) is 2.88. The van der Waals surface area contributed by atoms with Gasteiger partial charge in [0.15, 0.2) is 0 Å². The van der Waals surface area contributed by atoms with Crippen LogP contribution >= 0.6 is 0 Å². The zero-order valence-electron chi connectivity index (χ0n) is 18.8. The number of aromatic nitrogens is 2. The van der Waals surface area contributed by atoms with Crippen LogP contribution in [0, 0.1) is 0 Å². The van der Waals surface area contributed by atoms with E-state index in [1.54, 1.807) is 39.5 Å². The molecule has 0 aliphatic heterocycles. The molecule has 0 unspecified atom stereocenters. The topological polar surface area (TPSA) is 102 Å². The van der Waals surface area contributed by atoms with E-state index >= 15 is 0 Å². The van der Waals surface area contributed by atoms with Gasteiger partial charge in [-0.3, -0.25) is 18.7 Å². The lowest BCUT2D eigenvalue weighted by Crippen LogP contribution is -2.26. The fraction of sp³-hybridized carbons (Fsp3) is 0.200. The Labute approximate surface area is 197 Å². The van der Waals surface area contributed by atoms with Crippen molar-refractivity contribution in [3.8, 4) is 0 Å². The quantitative estimate of drug-likeness (QED) is 0.379. The van der Waals surface area contributed by atoms with E-state index in [-0.39, 0.29) is 29.5 Å². The van der Waals surface area contributed by atoms with Crippen molar-refractivity contribution in [1.82, 2.24) is 9.13 Å². The molecule has 2 N–H and O–H groups in total. The van der Waals surface area contributed by atoms with Gasteiger partial charge < -0.3 is 5.32 Å². The molecule has 1 aromatic heterocycles. The van der Waals surface area contributed by atoms with Crippen LogP contribution in [0.3, 0.4) is 0 Å². The zero-order chi connectivity index (χ0) is 24.1. The second kappa shape index (κ2) is 9.96. The van der Waals surface area contributed by atoms with Gasteiger partial charge in [-0.25, -0.2) is 13.2 Å². The maximum Gasteiger partial charge on any atom is 0.329 e. The molecule has 1 heterocycles. The number of carbonyl (C=O) groups excluding carboxylic acids is 1. The summed E-state index contributed by atoms with van der Waals surface area (Å²) in [6.07, 6.45) is 0.941. The Hall–Kier alpha value is -3.85. The van der Waals surface area contributed by atoms with E-state index < -0.39 is 10.0 Å². The number of hydrogen-bond donors (Lipinski definition) is 2. The van der Waals surface area contributed by atoms with Gasteiger partial charge in [0.2, 0.25) is 5.91 Å². The van der Waals surface area contributed by atoms with Crippen LogP contribution in [-0.2, 0) is 27.9 Å². The fourth-order valence-electron chi connectivity index (χ4n) is 3.80. The molecule has 0 saturated heterocycles. The molecular weight excluding hydrogens is 452 g/mol. The van der Waals surface area contributed by atoms with Crippen molar-refractivity contribution in [3.63, 3.8) is 0 Å². The normalized spacial score (nSPS) is 11.4. The van der Waals surface area contributed by atoms with Crippen molar-refractivity contribution in [2.24, 2.45) is 0 Å². The fourth-order valence-corrected chi connectivity index (χ4v) is 4.86. The number of nitrogens with zero attached hydrogens (tertiary/aromatic N) is 2. The number of nitrogens with one attached hydrogen (secondary N) is 2. The molecule has 0 bridgehead atoms. The molecule has 3 aromatic carbocycles. The van der Waals surface area contributed by atoms with Crippen LogP contribution < -0.4 is 15.7 Å². The van der Waals surface area contributed by atoms with E-state index in [0.717, 1.165) is 17.5 Å². The summed E-state index contributed by atoms with van der Waals surface area (Å²) in [5, 5.41) is 2.76. The highest BCUT2D eigenvalue weighted by molar-refractivity contribution is 7.92. The average molecular weight is 479 g/mol. The van der Waals surface area contributed by atoms with Crippen molar-refractivity contribution >= 4 is 38.3 Å². The number of hydrogen-bond acceptors (Lipinski definition) is 4. The maximum absolute atomic E-state index is 12.8. The van der Waals surface area contributed by atoms with Gasteiger partial charge in [-0.1, -0.05) is 37.3 Å². The Balaban J connectivity index is 1.41. The molecule has 9 heteroatoms. The number of aryl methyl sites for hydroxylation is 2. The first-order chi connectivity index (χ1) is 16.4. The third kappa shape index (κ3) is 5.04. The van der Waals surface area contributed by atoms with Crippen LogP contribution in [-0.4, -0.2) is 23.5 Å². The highest BCUT2D eigenvalue weighted by Gasteiger charge is 2.15. The number of benzene rings is 3. The van der Waals surface area contributed by atoms with Gasteiger partial charge >= 0.3 is 5.69 Å². The standard InChI is InChI=1S/C25H26N4O4S/c1-2-17-28-22-10-6-7-11-23(22)29(25(28)31)18-16-24(30)26-19-12-14-21(15-13-19)34(32,33)27-20-8-4-3-5-9-20/h3-15,27H,2,16-18H2,1H3,(H,26,30). The van der Waals surface area contributed by atoms with Crippen LogP contribution in [0.25, 0.3) is 11.0 Å². The van der Waals surface area contributed by atoms with E-state index in [9.17, 15) is 18.0 Å². The monoisotopic (exact) mass is 478 g/mol. The van der Waals surface area contributed by atoms with Gasteiger partial charge in [-0.2, -0.15) is 0 Å². The first-order valence-corrected chi connectivity index (χ1v) is 12.5. The van der Waals surface area contributed by atoms with Crippen molar-refractivity contribution in [1.29, 1.82) is 0 Å². The van der Waals surface area contributed by atoms with E-state index in [1.165, 1.54) is 24.3 Å². The summed E-state index contributed by atoms with van der Waals surface area (Å²) in [5.41, 5.74) is 2.47. The summed E-state index contributed by atoms with van der Waals surface area (Å²) in [5.74, 6) is -0.266. The van der Waals surface area contributed by atoms with Crippen molar-refractivity contribution < 1.29 is 13.2 Å². The lowest BCUT2D eigenvalue weighted by molar-refractivity contribution is -0.116. The highest BCUT2D eigenvalue weighted by atomic mass is 32.2. The second-order valence-corrected chi connectivity index (χ2v) is 9.55. The Morgan fingerprint density at radius 3 is 2.00 bits per heavy atom. The lowest BCUT2D eigenvalue weighted by Gasteiger charge is -2.10. The molecule has 0 spiro atoms. The number of imidazole rings is 1. The molecule has 1 amide bonds. The molecular formula is C25H26N4O4S. The number of sulfonamides is 1. The Bertz CT molecular complexity index is 1460. The minimum atomic E-state index is -3.74. The molecule has 8 nitrogen and oxygen atoms in total. The minimum absolute atomic E-state index is 0.0876. The molecule has 0 aliphatic carbocycles. The number of para-hydroxylation sites is 3. The van der Waals surface area contributed by atoms with Gasteiger partial charge in [-0.05, 0) is 55.0 Å². The van der Waals surface area contributed by atoms with Crippen LogP contribution in [0.4, 0.5) is 11.4 Å². The summed E-state index contributed by atoms with van der Waals surface area (Å²) < 4.78 is 31.0. The van der Waals surface area contributed by atoms with Gasteiger partial charge in [0.05, 0.1) is 15.9 Å². The van der Waals surface area contributed by atoms with Gasteiger partial charge in [0, 0.05) is 30.9 Å². The predicted octanol–water partition coefficient (Wildman–Crippen LogP) is 4.04. The van der Waals surface area contributed by atoms with Crippen LogP contribution in [0.15, 0.2) is 88.6 Å². The number of anilines is 2. The maximum atomic E-state index is 12.8. The lowest BCUT2D eigenvalue weighted by atomic mass is 10.3. The molecule has 0 aliphatic rings. The Morgan fingerprint density at radius 1 is 0.794 bits per heavy atom. The Kier molecular flexibility index (Phi) is 6.83. The summed E-state index contributed by atoms with van der Waals surface area (Å²) >= 11 is 0. The number of carbonyl (C=O) groups is 1. The molecule has 0 saturated carbocycles. The summed E-state index contributed by atoms with van der Waals surface area (Å²) in [6, 6.07) is 22.1. The SMILES string of the molecule is CCCn1c(=O)n(CCC(=O)Nc2ccc(S(=O)(=O)Nc3ccccc3)cc2)c2ccccc21. The van der Waals surface area contributed by atoms with Gasteiger partial charge in [0.1, 0.15) is 0 Å². The molecule has 4 aromatic rings. The summed E-state index contributed by atoms with van der Waals surface area (Å²) in [7, 11) is -3.74. The molecule has 4 rings (SSSR count). The van der Waals surface area contributed by atoms with E-state index in [1.807, 2.05) is 31.2 Å². The smallest absolute Gasteiger partial charge is 0.326 e. The van der Waals surface area contributed by atoms with Crippen LogP contribution in [0.2, 0.25) is 0 Å². The number of rotatable bonds is 9. The average Bonchev–Trinajstić information content (AvgIpc) is 3.09. The third-order valence-electron chi connectivity index (χ3n) is 5.41. The van der Waals surface area contributed by atoms with Gasteiger partial charge in [0.25, 0.3) is 10.0 Å². The second-order valence-electron chi connectivity index (χ2n) is 7.87. The largest absolute Gasteiger partial charge is 0.329 e. The molecule has 0 atom stereocenters. The van der Waals surface area contributed by atoms with Crippen LogP contribution in [0.1, 0.15) is 19.8 Å². The summed E-state index contributed by atoms with van der Waals surface area (Å²) in [4.78, 5) is 25.5. The van der Waals surface area contributed by atoms with Crippen molar-refractivity contribution in [2.75, 3.05) is 10.0 Å². The first kappa shape index (κ1) is 23.3. The van der Waals surface area contributed by atoms with E-state index in [4.69, 9.17) is 0 Å². The van der Waals surface area contributed by atoms with Crippen molar-refractivity contribution in [3.05, 3.63) is 89.3 Å². The van der Waals surface area contributed by atoms with Crippen molar-refractivity contribution in [2.45, 2.75) is 37.8 Å². The number of amides is 1. The van der Waals surface area contributed by atoms with E-state index in [2.05, 4.69) is 10.0 Å². The molecule has 176 valence electrons. The third-order valence-corrected chi connectivity index (χ3v) is 6.81. The highest BCUT2D eigenvalue weighted by Crippen LogP contribution is 2.19. The molecule has 34 heavy (non-hydrogen) atoms. The Morgan fingerprint density at radius 2 is 1.38 bits per heavy atom. The van der Waals surface area contributed by atoms with E-state index in [0.29, 0.717) is 17.9 Å². The molecule has 0 fully saturated rings. The zero-order valence-corrected chi connectivity index (χ0v) is 19.6. The number of fused-ring (bicyclic) bond motifs is 1. The first-order valence-electron chi connectivity index (χ1n) is 11.0. The predicted molar refractivity (Wildman–Crippen MR) is 133 cm³/mol. The minimum Gasteiger partial charge on any atom is -0.326 e.